The van der Waals surface area contributed by atoms with Crippen LogP contribution in [0.2, 0.25) is 0 Å². The Bertz CT molecular complexity index is 388. The average Bonchev–Trinajstić information content (AvgIpc) is 2.66. The summed E-state index contributed by atoms with van der Waals surface area (Å²) in [4.78, 5) is 0. The number of nitrogens with one attached hydrogen (secondary N) is 2. The zero-order valence-electron chi connectivity index (χ0n) is 8.35. The van der Waals surface area contributed by atoms with Crippen LogP contribution in [0, 0.1) is 5.82 Å². The molecule has 2 aliphatic heterocycles. The molecule has 2 aliphatic rings. The lowest BCUT2D eigenvalue weighted by Crippen LogP contribution is -2.48. The standard InChI is InChI=1S/C11H13FN2O/c12-8-1-2-9-10(5-8)14-11(6-13-9)3-4-15-7-11/h1-2,5,13-14H,3-4,6-7H2. The maximum atomic E-state index is 13.1. The molecular weight excluding hydrogens is 195 g/mol. The molecule has 0 saturated carbocycles. The van der Waals surface area contributed by atoms with Crippen molar-refractivity contribution in [2.24, 2.45) is 0 Å². The monoisotopic (exact) mass is 208 g/mol. The molecule has 1 spiro atoms. The van der Waals surface area contributed by atoms with Crippen LogP contribution in [0.25, 0.3) is 0 Å². The molecule has 1 aromatic carbocycles. The van der Waals surface area contributed by atoms with Gasteiger partial charge in [0.2, 0.25) is 0 Å². The molecule has 0 radical (unpaired) electrons. The van der Waals surface area contributed by atoms with Gasteiger partial charge in [-0.15, -0.1) is 0 Å². The zero-order valence-corrected chi connectivity index (χ0v) is 8.35. The van der Waals surface area contributed by atoms with Crippen molar-refractivity contribution < 1.29 is 9.13 Å². The summed E-state index contributed by atoms with van der Waals surface area (Å²) >= 11 is 0. The Balaban J connectivity index is 1.94. The predicted molar refractivity (Wildman–Crippen MR) is 56.7 cm³/mol. The van der Waals surface area contributed by atoms with Crippen LogP contribution in [0.5, 0.6) is 0 Å². The van der Waals surface area contributed by atoms with Crippen LogP contribution in [0.4, 0.5) is 15.8 Å². The molecule has 15 heavy (non-hydrogen) atoms. The number of benzene rings is 1. The fourth-order valence-electron chi connectivity index (χ4n) is 2.21. The number of anilines is 2. The summed E-state index contributed by atoms with van der Waals surface area (Å²) in [6.45, 7) is 2.31. The largest absolute Gasteiger partial charge is 0.381 e. The normalized spacial score (nSPS) is 28.3. The Morgan fingerprint density at radius 3 is 3.07 bits per heavy atom. The number of rotatable bonds is 0. The summed E-state index contributed by atoms with van der Waals surface area (Å²) in [5, 5.41) is 6.70. The molecule has 3 rings (SSSR count). The van der Waals surface area contributed by atoms with Crippen LogP contribution >= 0.6 is 0 Å². The number of hydrogen-bond donors (Lipinski definition) is 2. The fourth-order valence-corrected chi connectivity index (χ4v) is 2.21. The molecule has 0 aromatic heterocycles. The highest BCUT2D eigenvalue weighted by atomic mass is 19.1. The van der Waals surface area contributed by atoms with E-state index < -0.39 is 0 Å². The number of halogens is 1. The SMILES string of the molecule is Fc1ccc2c(c1)NC1(CCOC1)CN2. The van der Waals surface area contributed by atoms with Gasteiger partial charge in [-0.25, -0.2) is 4.39 Å². The van der Waals surface area contributed by atoms with Gasteiger partial charge in [-0.1, -0.05) is 0 Å². The highest BCUT2D eigenvalue weighted by molar-refractivity contribution is 5.72. The number of hydrogen-bond acceptors (Lipinski definition) is 3. The van der Waals surface area contributed by atoms with Gasteiger partial charge in [0, 0.05) is 13.2 Å². The van der Waals surface area contributed by atoms with Gasteiger partial charge in [-0.2, -0.15) is 0 Å². The van der Waals surface area contributed by atoms with Crippen LogP contribution < -0.4 is 10.6 Å². The van der Waals surface area contributed by atoms with Gasteiger partial charge >= 0.3 is 0 Å². The maximum Gasteiger partial charge on any atom is 0.125 e. The summed E-state index contributed by atoms with van der Waals surface area (Å²) in [6.07, 6.45) is 0.968. The van der Waals surface area contributed by atoms with Crippen LogP contribution in [-0.2, 0) is 4.74 Å². The Hall–Kier alpha value is -1.29. The van der Waals surface area contributed by atoms with E-state index in [0.717, 1.165) is 30.9 Å². The zero-order chi connectivity index (χ0) is 10.3. The molecule has 2 N–H and O–H groups in total. The van der Waals surface area contributed by atoms with E-state index in [1.807, 2.05) is 0 Å². The molecule has 1 atom stereocenters. The minimum atomic E-state index is -0.209. The minimum Gasteiger partial charge on any atom is -0.381 e. The van der Waals surface area contributed by atoms with Crippen molar-refractivity contribution in [2.75, 3.05) is 30.4 Å². The lowest BCUT2D eigenvalue weighted by molar-refractivity contribution is 0.184. The van der Waals surface area contributed by atoms with Crippen molar-refractivity contribution in [3.63, 3.8) is 0 Å². The van der Waals surface area contributed by atoms with Crippen LogP contribution in [-0.4, -0.2) is 25.3 Å². The summed E-state index contributed by atoms with van der Waals surface area (Å²) in [6, 6.07) is 4.76. The van der Waals surface area contributed by atoms with Gasteiger partial charge in [-0.3, -0.25) is 0 Å². The predicted octanol–water partition coefficient (Wildman–Crippen LogP) is 1.82. The molecular formula is C11H13FN2O. The lowest BCUT2D eigenvalue weighted by Gasteiger charge is -2.36. The van der Waals surface area contributed by atoms with Crippen molar-refractivity contribution >= 4 is 11.4 Å². The first-order valence-corrected chi connectivity index (χ1v) is 5.17. The Morgan fingerprint density at radius 1 is 1.33 bits per heavy atom. The number of fused-ring (bicyclic) bond motifs is 1. The van der Waals surface area contributed by atoms with E-state index in [1.165, 1.54) is 12.1 Å². The molecule has 3 nitrogen and oxygen atoms in total. The van der Waals surface area contributed by atoms with Crippen molar-refractivity contribution in [3.05, 3.63) is 24.0 Å². The molecule has 1 fully saturated rings. The van der Waals surface area contributed by atoms with Crippen molar-refractivity contribution in [1.82, 2.24) is 0 Å². The summed E-state index contributed by atoms with van der Waals surface area (Å²) < 4.78 is 18.5. The topological polar surface area (TPSA) is 33.3 Å². The van der Waals surface area contributed by atoms with Gasteiger partial charge in [0.1, 0.15) is 5.82 Å². The second kappa shape index (κ2) is 3.10. The Morgan fingerprint density at radius 2 is 2.27 bits per heavy atom. The second-order valence-corrected chi connectivity index (χ2v) is 4.25. The van der Waals surface area contributed by atoms with E-state index in [0.29, 0.717) is 6.61 Å². The maximum absolute atomic E-state index is 13.1. The third-order valence-corrected chi connectivity index (χ3v) is 3.10. The fraction of sp³-hybridized carbons (Fsp3) is 0.455. The molecule has 1 saturated heterocycles. The van der Waals surface area contributed by atoms with E-state index in [4.69, 9.17) is 4.74 Å². The summed E-state index contributed by atoms with van der Waals surface area (Å²) in [5.41, 5.74) is 1.77. The lowest BCUT2D eigenvalue weighted by atomic mass is 9.95. The van der Waals surface area contributed by atoms with Gasteiger partial charge in [-0.05, 0) is 24.6 Å². The van der Waals surface area contributed by atoms with E-state index in [-0.39, 0.29) is 11.4 Å². The van der Waals surface area contributed by atoms with Crippen molar-refractivity contribution in [3.8, 4) is 0 Å². The molecule has 80 valence electrons. The molecule has 1 unspecified atom stereocenters. The van der Waals surface area contributed by atoms with E-state index >= 15 is 0 Å². The van der Waals surface area contributed by atoms with Gasteiger partial charge in [0.15, 0.2) is 0 Å². The molecule has 4 heteroatoms. The third-order valence-electron chi connectivity index (χ3n) is 3.10. The first-order valence-electron chi connectivity index (χ1n) is 5.17. The van der Waals surface area contributed by atoms with Gasteiger partial charge < -0.3 is 15.4 Å². The van der Waals surface area contributed by atoms with Crippen molar-refractivity contribution in [2.45, 2.75) is 12.0 Å². The average molecular weight is 208 g/mol. The van der Waals surface area contributed by atoms with Crippen molar-refractivity contribution in [1.29, 1.82) is 0 Å². The Labute approximate surface area is 87.6 Å². The third kappa shape index (κ3) is 1.45. The summed E-state index contributed by atoms with van der Waals surface area (Å²) in [7, 11) is 0. The first kappa shape index (κ1) is 8.97. The molecule has 0 bridgehead atoms. The molecule has 0 aliphatic carbocycles. The highest BCUT2D eigenvalue weighted by Gasteiger charge is 2.37. The number of ether oxygens (including phenoxy) is 1. The smallest absolute Gasteiger partial charge is 0.125 e. The highest BCUT2D eigenvalue weighted by Crippen LogP contribution is 2.34. The first-order chi connectivity index (χ1) is 7.27. The summed E-state index contributed by atoms with van der Waals surface area (Å²) in [5.74, 6) is -0.209. The second-order valence-electron chi connectivity index (χ2n) is 4.25. The Kier molecular flexibility index (Phi) is 1.85. The van der Waals surface area contributed by atoms with Crippen LogP contribution in [0.1, 0.15) is 6.42 Å². The van der Waals surface area contributed by atoms with E-state index in [9.17, 15) is 4.39 Å². The van der Waals surface area contributed by atoms with Gasteiger partial charge in [0.05, 0.1) is 23.5 Å². The van der Waals surface area contributed by atoms with Crippen LogP contribution in [0.15, 0.2) is 18.2 Å². The quantitative estimate of drug-likeness (QED) is 0.682. The molecule has 1 aromatic rings. The van der Waals surface area contributed by atoms with Crippen LogP contribution in [0.3, 0.4) is 0 Å². The van der Waals surface area contributed by atoms with Gasteiger partial charge in [0.25, 0.3) is 0 Å². The molecule has 0 amide bonds. The van der Waals surface area contributed by atoms with E-state index in [2.05, 4.69) is 10.6 Å². The molecule has 2 heterocycles. The minimum absolute atomic E-state index is 0.0409. The van der Waals surface area contributed by atoms with E-state index in [1.54, 1.807) is 6.07 Å².